The van der Waals surface area contributed by atoms with Crippen molar-refractivity contribution in [3.05, 3.63) is 53.2 Å². The lowest BCUT2D eigenvalue weighted by atomic mass is 10.1. The molecule has 0 fully saturated rings. The van der Waals surface area contributed by atoms with E-state index in [4.69, 9.17) is 0 Å². The molecular weight excluding hydrogens is 275 g/mol. The van der Waals surface area contributed by atoms with Gasteiger partial charge in [0.15, 0.2) is 5.78 Å². The van der Waals surface area contributed by atoms with E-state index >= 15 is 0 Å². The van der Waals surface area contributed by atoms with Gasteiger partial charge in [-0.15, -0.1) is 11.3 Å². The Labute approximate surface area is 119 Å². The number of rotatable bonds is 4. The number of aryl methyl sites for hydroxylation is 2. The fourth-order valence-electron chi connectivity index (χ4n) is 2.13. The van der Waals surface area contributed by atoms with E-state index in [-0.39, 0.29) is 11.6 Å². The molecule has 0 saturated heterocycles. The largest absolute Gasteiger partial charge is 0.338 e. The first kappa shape index (κ1) is 13.0. The molecule has 3 nitrogen and oxygen atoms in total. The lowest BCUT2D eigenvalue weighted by molar-refractivity contribution is 0.0986. The molecule has 0 bridgehead atoms. The Bertz CT molecular complexity index is 775. The molecule has 2 aromatic heterocycles. The van der Waals surface area contributed by atoms with E-state index in [0.717, 1.165) is 15.9 Å². The number of ketones is 1. The van der Waals surface area contributed by atoms with Crippen LogP contribution in [0.15, 0.2) is 36.7 Å². The Morgan fingerprint density at radius 1 is 1.40 bits per heavy atom. The number of carbonyl (C=O) groups is 1. The van der Waals surface area contributed by atoms with E-state index in [1.807, 2.05) is 23.9 Å². The molecule has 5 heteroatoms. The Balaban J connectivity index is 1.77. The third kappa shape index (κ3) is 2.49. The maximum Gasteiger partial charge on any atom is 0.173 e. The molecule has 0 aliphatic rings. The van der Waals surface area contributed by atoms with Crippen LogP contribution in [0.1, 0.15) is 21.9 Å². The van der Waals surface area contributed by atoms with Gasteiger partial charge in [-0.3, -0.25) is 4.79 Å². The van der Waals surface area contributed by atoms with Crippen LogP contribution in [0.3, 0.4) is 0 Å². The molecule has 0 N–H and O–H groups in total. The average Bonchev–Trinajstić information content (AvgIpc) is 3.01. The van der Waals surface area contributed by atoms with Crippen molar-refractivity contribution >= 4 is 27.2 Å². The maximum atomic E-state index is 13.1. The number of halogens is 1. The SMILES string of the molecule is Cn1ccnc1CCC(=O)c1cc2ccc(F)cc2s1. The van der Waals surface area contributed by atoms with Crippen LogP contribution in [0, 0.1) is 5.82 Å². The fourth-order valence-corrected chi connectivity index (χ4v) is 3.18. The maximum absolute atomic E-state index is 13.1. The topological polar surface area (TPSA) is 34.9 Å². The molecular formula is C15H13FN2OS. The van der Waals surface area contributed by atoms with E-state index < -0.39 is 0 Å². The number of carbonyl (C=O) groups excluding carboxylic acids is 1. The van der Waals surface area contributed by atoms with E-state index in [1.54, 1.807) is 12.3 Å². The first-order valence-electron chi connectivity index (χ1n) is 6.32. The van der Waals surface area contributed by atoms with E-state index in [9.17, 15) is 9.18 Å². The van der Waals surface area contributed by atoms with Crippen molar-refractivity contribution in [2.24, 2.45) is 7.05 Å². The third-order valence-corrected chi connectivity index (χ3v) is 4.39. The number of hydrogen-bond donors (Lipinski definition) is 0. The lowest BCUT2D eigenvalue weighted by Crippen LogP contribution is -2.03. The van der Waals surface area contributed by atoms with E-state index in [1.165, 1.54) is 23.5 Å². The number of hydrogen-bond acceptors (Lipinski definition) is 3. The summed E-state index contributed by atoms with van der Waals surface area (Å²) in [6.45, 7) is 0. The predicted molar refractivity (Wildman–Crippen MR) is 77.6 cm³/mol. The van der Waals surface area contributed by atoms with Crippen LogP contribution in [0.25, 0.3) is 10.1 Å². The summed E-state index contributed by atoms with van der Waals surface area (Å²) >= 11 is 1.34. The van der Waals surface area contributed by atoms with Crippen LogP contribution >= 0.6 is 11.3 Å². The van der Waals surface area contributed by atoms with Gasteiger partial charge in [-0.05, 0) is 23.6 Å². The summed E-state index contributed by atoms with van der Waals surface area (Å²) in [6.07, 6.45) is 4.62. The quantitative estimate of drug-likeness (QED) is 0.688. The van der Waals surface area contributed by atoms with Crippen molar-refractivity contribution in [1.29, 1.82) is 0 Å². The first-order chi connectivity index (χ1) is 9.63. The molecule has 0 atom stereocenters. The van der Waals surface area contributed by atoms with Crippen LogP contribution in [-0.4, -0.2) is 15.3 Å². The van der Waals surface area contributed by atoms with Crippen molar-refractivity contribution in [1.82, 2.24) is 9.55 Å². The summed E-state index contributed by atoms with van der Waals surface area (Å²) in [5.41, 5.74) is 0. The van der Waals surface area contributed by atoms with Gasteiger partial charge in [-0.25, -0.2) is 9.37 Å². The molecule has 0 aliphatic heterocycles. The summed E-state index contributed by atoms with van der Waals surface area (Å²) < 4.78 is 15.9. The minimum Gasteiger partial charge on any atom is -0.338 e. The second-order valence-electron chi connectivity index (χ2n) is 4.67. The van der Waals surface area contributed by atoms with Crippen LogP contribution < -0.4 is 0 Å². The average molecular weight is 288 g/mol. The standard InChI is InChI=1S/C15H13FN2OS/c1-18-7-6-17-15(18)5-4-12(19)14-8-10-2-3-11(16)9-13(10)20-14/h2-3,6-9H,4-5H2,1H3. The van der Waals surface area contributed by atoms with Gasteiger partial charge in [0.2, 0.25) is 0 Å². The van der Waals surface area contributed by atoms with Crippen LogP contribution in [0.4, 0.5) is 4.39 Å². The summed E-state index contributed by atoms with van der Waals surface area (Å²) in [4.78, 5) is 17.1. The van der Waals surface area contributed by atoms with Gasteiger partial charge < -0.3 is 4.57 Å². The second-order valence-corrected chi connectivity index (χ2v) is 5.75. The number of nitrogens with zero attached hydrogens (tertiary/aromatic N) is 2. The third-order valence-electron chi connectivity index (χ3n) is 3.25. The monoisotopic (exact) mass is 288 g/mol. The number of imidazole rings is 1. The molecule has 1 aromatic carbocycles. The van der Waals surface area contributed by atoms with Crippen LogP contribution in [0.5, 0.6) is 0 Å². The molecule has 0 radical (unpaired) electrons. The highest BCUT2D eigenvalue weighted by Crippen LogP contribution is 2.27. The van der Waals surface area contributed by atoms with Gasteiger partial charge >= 0.3 is 0 Å². The Hall–Kier alpha value is -2.01. The Morgan fingerprint density at radius 2 is 2.25 bits per heavy atom. The highest BCUT2D eigenvalue weighted by Gasteiger charge is 2.12. The molecule has 0 spiro atoms. The normalized spacial score (nSPS) is 11.1. The molecule has 2 heterocycles. The molecule has 0 unspecified atom stereocenters. The Morgan fingerprint density at radius 3 is 3.00 bits per heavy atom. The summed E-state index contributed by atoms with van der Waals surface area (Å²) in [7, 11) is 1.91. The number of fused-ring (bicyclic) bond motifs is 1. The predicted octanol–water partition coefficient (Wildman–Crippen LogP) is 3.59. The molecule has 102 valence electrons. The van der Waals surface area contributed by atoms with Gasteiger partial charge in [0.05, 0.1) is 4.88 Å². The van der Waals surface area contributed by atoms with Gasteiger partial charge in [0.25, 0.3) is 0 Å². The van der Waals surface area contributed by atoms with E-state index in [2.05, 4.69) is 4.98 Å². The fraction of sp³-hybridized carbons (Fsp3) is 0.200. The van der Waals surface area contributed by atoms with Gasteiger partial charge in [-0.1, -0.05) is 6.07 Å². The van der Waals surface area contributed by atoms with Crippen LogP contribution in [0.2, 0.25) is 0 Å². The highest BCUT2D eigenvalue weighted by atomic mass is 32.1. The second kappa shape index (κ2) is 5.17. The molecule has 3 rings (SSSR count). The number of Topliss-reactive ketones (excluding diaryl/α,β-unsaturated/α-hetero) is 1. The summed E-state index contributed by atoms with van der Waals surface area (Å²) in [5, 5.41) is 0.914. The lowest BCUT2D eigenvalue weighted by Gasteiger charge is -1.99. The van der Waals surface area contributed by atoms with Gasteiger partial charge in [0, 0.05) is 37.0 Å². The first-order valence-corrected chi connectivity index (χ1v) is 7.13. The molecule has 20 heavy (non-hydrogen) atoms. The molecule has 0 saturated carbocycles. The van der Waals surface area contributed by atoms with Crippen molar-refractivity contribution in [2.45, 2.75) is 12.8 Å². The zero-order valence-electron chi connectivity index (χ0n) is 11.0. The smallest absolute Gasteiger partial charge is 0.173 e. The summed E-state index contributed by atoms with van der Waals surface area (Å²) in [6, 6.07) is 6.42. The molecule has 0 amide bonds. The minimum absolute atomic E-state index is 0.0783. The molecule has 0 aliphatic carbocycles. The van der Waals surface area contributed by atoms with Crippen LogP contribution in [-0.2, 0) is 13.5 Å². The zero-order chi connectivity index (χ0) is 14.1. The van der Waals surface area contributed by atoms with Gasteiger partial charge in [-0.2, -0.15) is 0 Å². The minimum atomic E-state index is -0.272. The van der Waals surface area contributed by atoms with Crippen molar-refractivity contribution < 1.29 is 9.18 Å². The number of benzene rings is 1. The number of thiophene rings is 1. The van der Waals surface area contributed by atoms with Crippen molar-refractivity contribution in [3.63, 3.8) is 0 Å². The molecule has 3 aromatic rings. The van der Waals surface area contributed by atoms with E-state index in [0.29, 0.717) is 17.7 Å². The number of aromatic nitrogens is 2. The van der Waals surface area contributed by atoms with Crippen molar-refractivity contribution in [2.75, 3.05) is 0 Å². The zero-order valence-corrected chi connectivity index (χ0v) is 11.8. The van der Waals surface area contributed by atoms with Gasteiger partial charge in [0.1, 0.15) is 11.6 Å². The van der Waals surface area contributed by atoms with Crippen molar-refractivity contribution in [3.8, 4) is 0 Å². The Kier molecular flexibility index (Phi) is 3.36. The highest BCUT2D eigenvalue weighted by molar-refractivity contribution is 7.20. The summed E-state index contributed by atoms with van der Waals surface area (Å²) in [5.74, 6) is 0.700.